The second-order valence-electron chi connectivity index (χ2n) is 4.24. The highest BCUT2D eigenvalue weighted by Gasteiger charge is 2.17. The molecule has 0 radical (unpaired) electrons. The molecule has 0 fully saturated rings. The van der Waals surface area contributed by atoms with Crippen LogP contribution >= 0.6 is 11.3 Å². The predicted octanol–water partition coefficient (Wildman–Crippen LogP) is 1.65. The SMILES string of the molecule is C[C@H](C(=O)N[C@@H](C)Cc1cccs1)n1cncn1. The van der Waals surface area contributed by atoms with Crippen molar-refractivity contribution in [3.8, 4) is 0 Å². The molecule has 1 N–H and O–H groups in total. The van der Waals surface area contributed by atoms with Gasteiger partial charge in [0.15, 0.2) is 0 Å². The van der Waals surface area contributed by atoms with E-state index in [1.807, 2.05) is 25.3 Å². The fourth-order valence-corrected chi connectivity index (χ4v) is 2.52. The van der Waals surface area contributed by atoms with Gasteiger partial charge in [-0.1, -0.05) is 6.07 Å². The number of nitrogens with zero attached hydrogens (tertiary/aromatic N) is 3. The second kappa shape index (κ2) is 5.77. The highest BCUT2D eigenvalue weighted by atomic mass is 32.1. The van der Waals surface area contributed by atoms with Gasteiger partial charge < -0.3 is 5.32 Å². The van der Waals surface area contributed by atoms with E-state index in [1.165, 1.54) is 11.2 Å². The molecule has 2 aromatic heterocycles. The van der Waals surface area contributed by atoms with E-state index in [0.717, 1.165) is 6.42 Å². The van der Waals surface area contributed by atoms with Gasteiger partial charge in [-0.15, -0.1) is 11.3 Å². The minimum absolute atomic E-state index is 0.0374. The summed E-state index contributed by atoms with van der Waals surface area (Å²) in [6.45, 7) is 3.81. The summed E-state index contributed by atoms with van der Waals surface area (Å²) in [7, 11) is 0. The Bertz CT molecular complexity index is 480. The van der Waals surface area contributed by atoms with Crippen molar-refractivity contribution in [2.24, 2.45) is 0 Å². The first-order chi connectivity index (χ1) is 8.66. The molecule has 0 unspecified atom stereocenters. The number of hydrogen-bond donors (Lipinski definition) is 1. The Kier molecular flexibility index (Phi) is 4.09. The number of amides is 1. The largest absolute Gasteiger partial charge is 0.351 e. The third-order valence-electron chi connectivity index (χ3n) is 2.69. The predicted molar refractivity (Wildman–Crippen MR) is 70.4 cm³/mol. The van der Waals surface area contributed by atoms with E-state index in [4.69, 9.17) is 0 Å². The van der Waals surface area contributed by atoms with Crippen LogP contribution in [0.15, 0.2) is 30.2 Å². The molecule has 0 aromatic carbocycles. The van der Waals surface area contributed by atoms with Crippen molar-refractivity contribution >= 4 is 17.2 Å². The molecule has 0 saturated heterocycles. The summed E-state index contributed by atoms with van der Waals surface area (Å²) < 4.78 is 1.55. The van der Waals surface area contributed by atoms with Gasteiger partial charge in [0.2, 0.25) is 5.91 Å². The quantitative estimate of drug-likeness (QED) is 0.893. The van der Waals surface area contributed by atoms with E-state index in [-0.39, 0.29) is 18.0 Å². The molecule has 5 nitrogen and oxygen atoms in total. The Balaban J connectivity index is 1.87. The lowest BCUT2D eigenvalue weighted by atomic mass is 10.2. The number of rotatable bonds is 5. The fraction of sp³-hybridized carbons (Fsp3) is 0.417. The molecule has 6 heteroatoms. The molecule has 0 aliphatic carbocycles. The number of nitrogens with one attached hydrogen (secondary N) is 1. The van der Waals surface area contributed by atoms with Crippen LogP contribution in [-0.4, -0.2) is 26.7 Å². The summed E-state index contributed by atoms with van der Waals surface area (Å²) in [6.07, 6.45) is 3.83. The smallest absolute Gasteiger partial charge is 0.244 e. The number of carbonyl (C=O) groups is 1. The zero-order valence-corrected chi connectivity index (χ0v) is 11.2. The van der Waals surface area contributed by atoms with E-state index in [0.29, 0.717) is 0 Å². The molecule has 0 saturated carbocycles. The van der Waals surface area contributed by atoms with E-state index in [1.54, 1.807) is 22.3 Å². The van der Waals surface area contributed by atoms with Crippen LogP contribution < -0.4 is 5.32 Å². The van der Waals surface area contributed by atoms with Crippen molar-refractivity contribution in [1.82, 2.24) is 20.1 Å². The van der Waals surface area contributed by atoms with Crippen molar-refractivity contribution < 1.29 is 4.79 Å². The highest BCUT2D eigenvalue weighted by Crippen LogP contribution is 2.11. The second-order valence-corrected chi connectivity index (χ2v) is 5.28. The molecular formula is C12H16N4OS. The minimum atomic E-state index is -0.335. The lowest BCUT2D eigenvalue weighted by Gasteiger charge is -2.17. The Labute approximate surface area is 110 Å². The van der Waals surface area contributed by atoms with Gasteiger partial charge in [0.1, 0.15) is 18.7 Å². The first-order valence-corrected chi connectivity index (χ1v) is 6.71. The van der Waals surface area contributed by atoms with Gasteiger partial charge in [0.25, 0.3) is 0 Å². The number of hydrogen-bond acceptors (Lipinski definition) is 4. The molecule has 1 amide bonds. The van der Waals surface area contributed by atoms with Crippen LogP contribution in [0.5, 0.6) is 0 Å². The summed E-state index contributed by atoms with van der Waals surface area (Å²) >= 11 is 1.71. The standard InChI is InChI=1S/C12H16N4OS/c1-9(6-11-4-3-5-18-11)15-12(17)10(2)16-8-13-7-14-16/h3-5,7-10H,6H2,1-2H3,(H,15,17)/t9-,10+/m0/s1. The van der Waals surface area contributed by atoms with Crippen LogP contribution in [0.2, 0.25) is 0 Å². The highest BCUT2D eigenvalue weighted by molar-refractivity contribution is 7.09. The van der Waals surface area contributed by atoms with Gasteiger partial charge >= 0.3 is 0 Å². The maximum absolute atomic E-state index is 12.0. The average molecular weight is 264 g/mol. The van der Waals surface area contributed by atoms with Crippen LogP contribution in [-0.2, 0) is 11.2 Å². The maximum Gasteiger partial charge on any atom is 0.244 e. The zero-order valence-electron chi connectivity index (χ0n) is 10.4. The summed E-state index contributed by atoms with van der Waals surface area (Å²) in [5, 5.41) is 9.00. The Morgan fingerprint density at radius 2 is 2.39 bits per heavy atom. The summed E-state index contributed by atoms with van der Waals surface area (Å²) in [5.41, 5.74) is 0. The molecule has 0 bridgehead atoms. The topological polar surface area (TPSA) is 59.8 Å². The zero-order chi connectivity index (χ0) is 13.0. The van der Waals surface area contributed by atoms with E-state index >= 15 is 0 Å². The fourth-order valence-electron chi connectivity index (χ4n) is 1.68. The van der Waals surface area contributed by atoms with Crippen molar-refractivity contribution in [1.29, 1.82) is 0 Å². The van der Waals surface area contributed by atoms with Gasteiger partial charge in [-0.2, -0.15) is 5.10 Å². The van der Waals surface area contributed by atoms with Crippen LogP contribution in [0.3, 0.4) is 0 Å². The number of aromatic nitrogens is 3. The molecule has 96 valence electrons. The molecule has 2 heterocycles. The normalized spacial score (nSPS) is 14.1. The summed E-state index contributed by atoms with van der Waals surface area (Å²) in [6, 6.07) is 3.88. The van der Waals surface area contributed by atoms with E-state index in [9.17, 15) is 4.79 Å². The summed E-state index contributed by atoms with van der Waals surface area (Å²) in [5.74, 6) is -0.0374. The van der Waals surface area contributed by atoms with Gasteiger partial charge in [0, 0.05) is 17.3 Å². The average Bonchev–Trinajstić information content (AvgIpc) is 2.99. The number of thiophene rings is 1. The van der Waals surface area contributed by atoms with Gasteiger partial charge in [-0.25, -0.2) is 9.67 Å². The Morgan fingerprint density at radius 3 is 3.00 bits per heavy atom. The van der Waals surface area contributed by atoms with E-state index < -0.39 is 0 Å². The molecule has 0 aliphatic heterocycles. The molecule has 18 heavy (non-hydrogen) atoms. The molecule has 2 aromatic rings. The molecule has 0 spiro atoms. The first-order valence-electron chi connectivity index (χ1n) is 5.83. The molecule has 2 rings (SSSR count). The third-order valence-corrected chi connectivity index (χ3v) is 3.59. The molecule has 0 aliphatic rings. The monoisotopic (exact) mass is 264 g/mol. The minimum Gasteiger partial charge on any atom is -0.351 e. The van der Waals surface area contributed by atoms with E-state index in [2.05, 4.69) is 21.5 Å². The molecular weight excluding hydrogens is 248 g/mol. The van der Waals surface area contributed by atoms with Crippen LogP contribution in [0.1, 0.15) is 24.8 Å². The van der Waals surface area contributed by atoms with Gasteiger partial charge in [-0.3, -0.25) is 4.79 Å². The van der Waals surface area contributed by atoms with Crippen molar-refractivity contribution in [2.75, 3.05) is 0 Å². The van der Waals surface area contributed by atoms with Gasteiger partial charge in [0.05, 0.1) is 0 Å². The van der Waals surface area contributed by atoms with Crippen molar-refractivity contribution in [3.05, 3.63) is 35.0 Å². The maximum atomic E-state index is 12.0. The lowest BCUT2D eigenvalue weighted by Crippen LogP contribution is -2.38. The van der Waals surface area contributed by atoms with Crippen molar-refractivity contribution in [3.63, 3.8) is 0 Å². The molecule has 2 atom stereocenters. The van der Waals surface area contributed by atoms with Crippen molar-refractivity contribution in [2.45, 2.75) is 32.4 Å². The van der Waals surface area contributed by atoms with Crippen LogP contribution in [0.25, 0.3) is 0 Å². The Morgan fingerprint density at radius 1 is 1.56 bits per heavy atom. The van der Waals surface area contributed by atoms with Crippen LogP contribution in [0.4, 0.5) is 0 Å². The van der Waals surface area contributed by atoms with Crippen LogP contribution in [0, 0.1) is 0 Å². The Hall–Kier alpha value is -1.69. The number of carbonyl (C=O) groups excluding carboxylic acids is 1. The van der Waals surface area contributed by atoms with Gasteiger partial charge in [-0.05, 0) is 25.3 Å². The lowest BCUT2D eigenvalue weighted by molar-refractivity contribution is -0.124. The summed E-state index contributed by atoms with van der Waals surface area (Å²) in [4.78, 5) is 17.1. The first kappa shape index (κ1) is 12.8. The third kappa shape index (κ3) is 3.16.